The molecule has 0 radical (unpaired) electrons. The summed E-state index contributed by atoms with van der Waals surface area (Å²) in [6, 6.07) is 5.00. The summed E-state index contributed by atoms with van der Waals surface area (Å²) in [5, 5.41) is 14.2. The van der Waals surface area contributed by atoms with Gasteiger partial charge in [-0.1, -0.05) is 15.9 Å². The minimum Gasteiger partial charge on any atom is -0.448 e. The molecular formula is C14H14BrN3O3. The number of aryl methyl sites for hydroxylation is 1. The van der Waals surface area contributed by atoms with Crippen LogP contribution in [0.3, 0.4) is 0 Å². The first-order chi connectivity index (χ1) is 10.0. The Morgan fingerprint density at radius 3 is 2.81 bits per heavy atom. The second-order valence-electron chi connectivity index (χ2n) is 4.49. The van der Waals surface area contributed by atoms with Crippen molar-refractivity contribution >= 4 is 21.6 Å². The van der Waals surface area contributed by atoms with Crippen LogP contribution in [0.15, 0.2) is 35.1 Å². The van der Waals surface area contributed by atoms with Crippen LogP contribution < -0.4 is 10.1 Å². The normalized spacial score (nSPS) is 10.4. The lowest BCUT2D eigenvalue weighted by atomic mass is 10.2. The molecule has 1 aromatic carbocycles. The van der Waals surface area contributed by atoms with E-state index < -0.39 is 4.92 Å². The van der Waals surface area contributed by atoms with Crippen LogP contribution in [0.1, 0.15) is 11.1 Å². The van der Waals surface area contributed by atoms with Gasteiger partial charge in [-0.3, -0.25) is 15.1 Å². The number of pyridine rings is 1. The molecule has 0 aliphatic heterocycles. The predicted molar refractivity (Wildman–Crippen MR) is 82.6 cm³/mol. The standard InChI is InChI=1S/C14H14BrN3O3/c1-9-3-11(15)5-13(18(19)20)14(9)21-12-4-10(6-16-2)7-17-8-12/h3-5,7-8,16H,6H2,1-2H3. The van der Waals surface area contributed by atoms with E-state index in [2.05, 4.69) is 26.2 Å². The Balaban J connectivity index is 2.39. The average Bonchev–Trinajstić information content (AvgIpc) is 2.42. The van der Waals surface area contributed by atoms with Gasteiger partial charge in [0.1, 0.15) is 5.75 Å². The van der Waals surface area contributed by atoms with Crippen molar-refractivity contribution in [2.24, 2.45) is 0 Å². The van der Waals surface area contributed by atoms with Crippen molar-refractivity contribution in [1.82, 2.24) is 10.3 Å². The zero-order valence-corrected chi connectivity index (χ0v) is 13.2. The maximum absolute atomic E-state index is 11.2. The van der Waals surface area contributed by atoms with Crippen LogP contribution in [0.2, 0.25) is 0 Å². The van der Waals surface area contributed by atoms with Crippen molar-refractivity contribution in [3.63, 3.8) is 0 Å². The highest BCUT2D eigenvalue weighted by atomic mass is 79.9. The highest BCUT2D eigenvalue weighted by Crippen LogP contribution is 2.37. The molecule has 0 saturated heterocycles. The lowest BCUT2D eigenvalue weighted by Gasteiger charge is -2.10. The Morgan fingerprint density at radius 2 is 2.14 bits per heavy atom. The molecule has 0 aliphatic carbocycles. The van der Waals surface area contributed by atoms with E-state index in [0.717, 1.165) is 5.56 Å². The molecule has 0 saturated carbocycles. The van der Waals surface area contributed by atoms with E-state index in [4.69, 9.17) is 4.74 Å². The number of halogens is 1. The molecule has 0 fully saturated rings. The van der Waals surface area contributed by atoms with Gasteiger partial charge in [0.15, 0.2) is 0 Å². The summed E-state index contributed by atoms with van der Waals surface area (Å²) in [7, 11) is 1.83. The minimum atomic E-state index is -0.460. The summed E-state index contributed by atoms with van der Waals surface area (Å²) >= 11 is 3.25. The molecule has 6 nitrogen and oxygen atoms in total. The molecule has 1 aromatic heterocycles. The van der Waals surface area contributed by atoms with E-state index in [1.165, 1.54) is 12.3 Å². The van der Waals surface area contributed by atoms with Gasteiger partial charge >= 0.3 is 5.69 Å². The van der Waals surface area contributed by atoms with Crippen molar-refractivity contribution in [2.45, 2.75) is 13.5 Å². The van der Waals surface area contributed by atoms with Crippen molar-refractivity contribution in [3.05, 3.63) is 56.3 Å². The van der Waals surface area contributed by atoms with Crippen LogP contribution >= 0.6 is 15.9 Å². The molecular weight excluding hydrogens is 338 g/mol. The molecule has 110 valence electrons. The zero-order valence-electron chi connectivity index (χ0n) is 11.6. The van der Waals surface area contributed by atoms with Crippen LogP contribution in [0.4, 0.5) is 5.69 Å². The zero-order chi connectivity index (χ0) is 15.4. The number of ether oxygens (including phenoxy) is 1. The molecule has 0 bridgehead atoms. The first kappa shape index (κ1) is 15.4. The van der Waals surface area contributed by atoms with Gasteiger partial charge in [-0.05, 0) is 37.2 Å². The van der Waals surface area contributed by atoms with Gasteiger partial charge in [-0.2, -0.15) is 0 Å². The summed E-state index contributed by atoms with van der Waals surface area (Å²) in [5.41, 5.74) is 1.53. The molecule has 0 unspecified atom stereocenters. The molecule has 0 amide bonds. The molecule has 7 heteroatoms. The van der Waals surface area contributed by atoms with E-state index in [0.29, 0.717) is 22.3 Å². The number of aromatic nitrogens is 1. The maximum Gasteiger partial charge on any atom is 0.312 e. The number of nitro groups is 1. The molecule has 1 heterocycles. The third-order valence-electron chi connectivity index (χ3n) is 2.79. The molecule has 0 spiro atoms. The number of nitrogens with zero attached hydrogens (tertiary/aromatic N) is 2. The van der Waals surface area contributed by atoms with Gasteiger partial charge in [-0.15, -0.1) is 0 Å². The molecule has 0 aliphatic rings. The van der Waals surface area contributed by atoms with Crippen LogP contribution in [-0.2, 0) is 6.54 Å². The minimum absolute atomic E-state index is 0.0825. The van der Waals surface area contributed by atoms with E-state index >= 15 is 0 Å². The van der Waals surface area contributed by atoms with E-state index in [9.17, 15) is 10.1 Å². The quantitative estimate of drug-likeness (QED) is 0.658. The fourth-order valence-corrected chi connectivity index (χ4v) is 2.48. The van der Waals surface area contributed by atoms with E-state index in [-0.39, 0.29) is 11.4 Å². The van der Waals surface area contributed by atoms with Crippen molar-refractivity contribution in [1.29, 1.82) is 0 Å². The van der Waals surface area contributed by atoms with Gasteiger partial charge in [0.2, 0.25) is 5.75 Å². The third-order valence-corrected chi connectivity index (χ3v) is 3.24. The third kappa shape index (κ3) is 3.77. The number of hydrogen-bond acceptors (Lipinski definition) is 5. The smallest absolute Gasteiger partial charge is 0.312 e. The Morgan fingerprint density at radius 1 is 1.38 bits per heavy atom. The van der Waals surface area contributed by atoms with Crippen LogP contribution in [-0.4, -0.2) is 17.0 Å². The number of benzene rings is 1. The van der Waals surface area contributed by atoms with Crippen molar-refractivity contribution in [2.75, 3.05) is 7.05 Å². The SMILES string of the molecule is CNCc1cncc(Oc2c(C)cc(Br)cc2[N+](=O)[O-])c1. The van der Waals surface area contributed by atoms with Gasteiger partial charge in [-0.25, -0.2) is 0 Å². The van der Waals surface area contributed by atoms with Crippen LogP contribution in [0.25, 0.3) is 0 Å². The van der Waals surface area contributed by atoms with E-state index in [1.54, 1.807) is 25.3 Å². The highest BCUT2D eigenvalue weighted by Gasteiger charge is 2.19. The lowest BCUT2D eigenvalue weighted by molar-refractivity contribution is -0.385. The maximum atomic E-state index is 11.2. The van der Waals surface area contributed by atoms with E-state index in [1.807, 2.05) is 7.05 Å². The summed E-state index contributed by atoms with van der Waals surface area (Å²) in [6.07, 6.45) is 3.25. The predicted octanol–water partition coefficient (Wildman–Crippen LogP) is 3.57. The van der Waals surface area contributed by atoms with Gasteiger partial charge in [0.05, 0.1) is 11.1 Å². The number of hydrogen-bond donors (Lipinski definition) is 1. The van der Waals surface area contributed by atoms with Crippen molar-refractivity contribution < 1.29 is 9.66 Å². The lowest BCUT2D eigenvalue weighted by Crippen LogP contribution is -2.05. The summed E-state index contributed by atoms with van der Waals surface area (Å²) in [4.78, 5) is 14.8. The molecule has 1 N–H and O–H groups in total. The average molecular weight is 352 g/mol. The van der Waals surface area contributed by atoms with Crippen molar-refractivity contribution in [3.8, 4) is 11.5 Å². The fourth-order valence-electron chi connectivity index (χ4n) is 1.92. The summed E-state index contributed by atoms with van der Waals surface area (Å²) < 4.78 is 6.33. The number of nitro benzene ring substituents is 1. The number of rotatable bonds is 5. The first-order valence-electron chi connectivity index (χ1n) is 6.22. The molecule has 21 heavy (non-hydrogen) atoms. The second kappa shape index (κ2) is 6.64. The fraction of sp³-hybridized carbons (Fsp3) is 0.214. The van der Waals surface area contributed by atoms with Crippen LogP contribution in [0, 0.1) is 17.0 Å². The summed E-state index contributed by atoms with van der Waals surface area (Å²) in [5.74, 6) is 0.697. The van der Waals surface area contributed by atoms with Crippen LogP contribution in [0.5, 0.6) is 11.5 Å². The Kier molecular flexibility index (Phi) is 4.87. The molecule has 0 atom stereocenters. The Bertz CT molecular complexity index is 677. The topological polar surface area (TPSA) is 77.3 Å². The van der Waals surface area contributed by atoms with Gasteiger partial charge < -0.3 is 10.1 Å². The highest BCUT2D eigenvalue weighted by molar-refractivity contribution is 9.10. The number of nitrogens with one attached hydrogen (secondary N) is 1. The van der Waals surface area contributed by atoms with Gasteiger partial charge in [0, 0.05) is 23.3 Å². The second-order valence-corrected chi connectivity index (χ2v) is 5.41. The largest absolute Gasteiger partial charge is 0.448 e. The first-order valence-corrected chi connectivity index (χ1v) is 7.01. The molecule has 2 aromatic rings. The molecule has 2 rings (SSSR count). The Labute approximate surface area is 130 Å². The summed E-state index contributed by atoms with van der Waals surface area (Å²) in [6.45, 7) is 2.41. The monoisotopic (exact) mass is 351 g/mol. The van der Waals surface area contributed by atoms with Gasteiger partial charge in [0.25, 0.3) is 0 Å². The Hall–Kier alpha value is -1.99.